The minimum atomic E-state index is -0.761. The van der Waals surface area contributed by atoms with Crippen LogP contribution in [0.5, 0.6) is 5.75 Å². The number of hydrogen-bond donors (Lipinski definition) is 4. The molecule has 0 radical (unpaired) electrons. The predicted molar refractivity (Wildman–Crippen MR) is 124 cm³/mol. The highest BCUT2D eigenvalue weighted by Crippen LogP contribution is 2.39. The summed E-state index contributed by atoms with van der Waals surface area (Å²) in [6, 6.07) is 12.4. The van der Waals surface area contributed by atoms with Crippen molar-refractivity contribution in [1.82, 2.24) is 14.9 Å². The van der Waals surface area contributed by atoms with Crippen molar-refractivity contribution in [2.45, 2.75) is 19.6 Å². The van der Waals surface area contributed by atoms with Crippen LogP contribution in [0.3, 0.4) is 0 Å². The van der Waals surface area contributed by atoms with Crippen molar-refractivity contribution in [1.29, 1.82) is 0 Å². The van der Waals surface area contributed by atoms with Crippen molar-refractivity contribution in [2.75, 3.05) is 13.2 Å². The van der Waals surface area contributed by atoms with E-state index in [0.29, 0.717) is 23.1 Å². The Morgan fingerprint density at radius 3 is 2.58 bits per heavy atom. The molecule has 4 aromatic rings. The number of rotatable bonds is 7. The van der Waals surface area contributed by atoms with E-state index in [4.69, 9.17) is 4.74 Å². The summed E-state index contributed by atoms with van der Waals surface area (Å²) >= 11 is 0. The first-order valence-electron chi connectivity index (χ1n) is 10.7. The molecule has 0 saturated carbocycles. The van der Waals surface area contributed by atoms with E-state index in [1.54, 1.807) is 30.6 Å². The molecule has 3 heterocycles. The lowest BCUT2D eigenvalue weighted by molar-refractivity contribution is -0.122. The zero-order chi connectivity index (χ0) is 23.1. The Morgan fingerprint density at radius 1 is 1.03 bits per heavy atom. The number of nitrogens with one attached hydrogen (secondary N) is 2. The van der Waals surface area contributed by atoms with Gasteiger partial charge in [-0.1, -0.05) is 18.2 Å². The van der Waals surface area contributed by atoms with Gasteiger partial charge in [0, 0.05) is 51.9 Å². The number of carbonyl (C=O) groups excluding carboxylic acids is 2. The normalized spacial score (nSPS) is 15.1. The number of nitrogens with zero attached hydrogens (tertiary/aromatic N) is 1. The van der Waals surface area contributed by atoms with Gasteiger partial charge in [-0.05, 0) is 31.2 Å². The molecule has 5 rings (SSSR count). The number of imide groups is 1. The number of carbonyl (C=O) groups is 2. The highest BCUT2D eigenvalue weighted by Gasteiger charge is 2.35. The van der Waals surface area contributed by atoms with E-state index >= 15 is 0 Å². The minimum Gasteiger partial charge on any atom is -0.508 e. The summed E-state index contributed by atoms with van der Waals surface area (Å²) in [7, 11) is 0. The zero-order valence-corrected chi connectivity index (χ0v) is 18.0. The van der Waals surface area contributed by atoms with Gasteiger partial charge in [0.1, 0.15) is 5.75 Å². The van der Waals surface area contributed by atoms with Crippen LogP contribution < -0.4 is 5.32 Å². The first-order valence-corrected chi connectivity index (χ1v) is 10.7. The zero-order valence-electron chi connectivity index (χ0n) is 18.0. The van der Waals surface area contributed by atoms with Gasteiger partial charge in [-0.15, -0.1) is 0 Å². The second-order valence-electron chi connectivity index (χ2n) is 7.99. The smallest absolute Gasteiger partial charge is 0.259 e. The quantitative estimate of drug-likeness (QED) is 0.327. The molecule has 33 heavy (non-hydrogen) atoms. The van der Waals surface area contributed by atoms with Gasteiger partial charge in [0.05, 0.1) is 30.4 Å². The second-order valence-corrected chi connectivity index (χ2v) is 7.99. The maximum Gasteiger partial charge on any atom is 0.259 e. The van der Waals surface area contributed by atoms with E-state index in [-0.39, 0.29) is 30.0 Å². The Hall–Kier alpha value is -3.88. The van der Waals surface area contributed by atoms with E-state index < -0.39 is 17.9 Å². The fourth-order valence-corrected chi connectivity index (χ4v) is 4.42. The van der Waals surface area contributed by atoms with Crippen molar-refractivity contribution >= 4 is 44.8 Å². The molecule has 168 valence electrons. The molecule has 1 aliphatic rings. The molecule has 1 aliphatic heterocycles. The summed E-state index contributed by atoms with van der Waals surface area (Å²) < 4.78 is 7.13. The van der Waals surface area contributed by atoms with E-state index in [2.05, 4.69) is 10.3 Å². The summed E-state index contributed by atoms with van der Waals surface area (Å²) in [5, 5.41) is 24.4. The lowest BCUT2D eigenvalue weighted by Gasteiger charge is -2.12. The summed E-state index contributed by atoms with van der Waals surface area (Å²) in [4.78, 5) is 29.0. The van der Waals surface area contributed by atoms with Crippen LogP contribution in [0.15, 0.2) is 54.9 Å². The molecule has 8 heteroatoms. The van der Waals surface area contributed by atoms with Gasteiger partial charge in [-0.25, -0.2) is 0 Å². The number of H-pyrrole nitrogens is 1. The lowest BCUT2D eigenvalue weighted by Crippen LogP contribution is -2.22. The number of fused-ring (bicyclic) bond motifs is 2. The molecule has 0 fully saturated rings. The molecular weight excluding hydrogens is 422 g/mol. The highest BCUT2D eigenvalue weighted by atomic mass is 16.5. The molecule has 0 saturated heterocycles. The molecule has 2 aromatic carbocycles. The highest BCUT2D eigenvalue weighted by molar-refractivity contribution is 6.50. The topological polar surface area (TPSA) is 117 Å². The van der Waals surface area contributed by atoms with Crippen LogP contribution in [0, 0.1) is 0 Å². The summed E-state index contributed by atoms with van der Waals surface area (Å²) in [6.45, 7) is 2.75. The standard InChI is InChI=1S/C25H23N3O5/c1-2-33-13-15(30)11-28-12-19(17-9-14(29)7-8-21(17)28)23-22(24(31)27-25(23)32)18-10-26-20-6-4-3-5-16(18)20/h3-10,12,15,26,29-30H,2,11,13H2,1H3,(H,27,31,32). The number of aromatic amines is 1. The number of hydrogen-bond acceptors (Lipinski definition) is 5. The first-order chi connectivity index (χ1) is 16.0. The van der Waals surface area contributed by atoms with Crippen LogP contribution in [0.25, 0.3) is 33.0 Å². The molecule has 1 atom stereocenters. The molecule has 8 nitrogen and oxygen atoms in total. The Balaban J connectivity index is 1.72. The third-order valence-electron chi connectivity index (χ3n) is 5.85. The number of phenols is 1. The van der Waals surface area contributed by atoms with E-state index in [0.717, 1.165) is 16.4 Å². The van der Waals surface area contributed by atoms with Gasteiger partial charge in [-0.2, -0.15) is 0 Å². The summed E-state index contributed by atoms with van der Waals surface area (Å²) in [5.41, 5.74) is 3.21. The monoisotopic (exact) mass is 445 g/mol. The maximum atomic E-state index is 13.0. The van der Waals surface area contributed by atoms with Crippen molar-refractivity contribution < 1.29 is 24.5 Å². The van der Waals surface area contributed by atoms with Gasteiger partial charge >= 0.3 is 0 Å². The second kappa shape index (κ2) is 8.23. The fourth-order valence-electron chi connectivity index (χ4n) is 4.42. The third kappa shape index (κ3) is 3.59. The van der Waals surface area contributed by atoms with Gasteiger partial charge in [-0.3, -0.25) is 14.9 Å². The van der Waals surface area contributed by atoms with Crippen LogP contribution in [0.2, 0.25) is 0 Å². The lowest BCUT2D eigenvalue weighted by atomic mass is 9.95. The maximum absolute atomic E-state index is 13.0. The molecule has 1 unspecified atom stereocenters. The van der Waals surface area contributed by atoms with Gasteiger partial charge < -0.3 is 24.5 Å². The van der Waals surface area contributed by atoms with E-state index in [9.17, 15) is 19.8 Å². The van der Waals surface area contributed by atoms with Gasteiger partial charge in [0.2, 0.25) is 0 Å². The van der Waals surface area contributed by atoms with Crippen LogP contribution in [0.4, 0.5) is 0 Å². The molecule has 0 spiro atoms. The van der Waals surface area contributed by atoms with Crippen LogP contribution in [-0.2, 0) is 20.9 Å². The number of ether oxygens (including phenoxy) is 1. The van der Waals surface area contributed by atoms with Crippen LogP contribution >= 0.6 is 0 Å². The largest absolute Gasteiger partial charge is 0.508 e. The average molecular weight is 445 g/mol. The average Bonchev–Trinajstić information content (AvgIpc) is 3.45. The number of para-hydroxylation sites is 1. The Bertz CT molecular complexity index is 1430. The van der Waals surface area contributed by atoms with Gasteiger partial charge in [0.25, 0.3) is 11.8 Å². The molecule has 0 aliphatic carbocycles. The molecule has 2 aromatic heterocycles. The van der Waals surface area contributed by atoms with Crippen molar-refractivity contribution in [2.24, 2.45) is 0 Å². The summed E-state index contributed by atoms with van der Waals surface area (Å²) in [6.07, 6.45) is 2.70. The number of phenolic OH excluding ortho intramolecular Hbond substituents is 1. The third-order valence-corrected chi connectivity index (χ3v) is 5.85. The number of aromatic hydroxyl groups is 1. The summed E-state index contributed by atoms with van der Waals surface area (Å²) in [5.74, 6) is -0.940. The molecule has 0 bridgehead atoms. The number of aromatic nitrogens is 2. The van der Waals surface area contributed by atoms with Crippen molar-refractivity contribution in [3.8, 4) is 5.75 Å². The van der Waals surface area contributed by atoms with Gasteiger partial charge in [0.15, 0.2) is 0 Å². The SMILES string of the molecule is CCOCC(O)Cn1cc(C2=C(c3c[nH]c4ccccc34)C(=O)NC2=O)c2cc(O)ccc21. The Kier molecular flexibility index (Phi) is 5.24. The minimum absolute atomic E-state index is 0.0374. The Labute approximate surface area is 189 Å². The van der Waals surface area contributed by atoms with Crippen molar-refractivity contribution in [3.05, 3.63) is 66.0 Å². The number of amides is 2. The van der Waals surface area contributed by atoms with Crippen molar-refractivity contribution in [3.63, 3.8) is 0 Å². The van der Waals surface area contributed by atoms with E-state index in [1.807, 2.05) is 35.8 Å². The van der Waals surface area contributed by atoms with E-state index in [1.165, 1.54) is 0 Å². The predicted octanol–water partition coefficient (Wildman–Crippen LogP) is 2.79. The fraction of sp³-hybridized carbons (Fsp3) is 0.200. The van der Waals surface area contributed by atoms with Crippen LogP contribution in [0.1, 0.15) is 18.1 Å². The number of aliphatic hydroxyl groups excluding tert-OH is 1. The molecular formula is C25H23N3O5. The molecule has 4 N–H and O–H groups in total. The van der Waals surface area contributed by atoms with Crippen LogP contribution in [-0.4, -0.2) is 50.9 Å². The first kappa shape index (κ1) is 21.0. The molecule has 2 amide bonds. The number of aliphatic hydroxyl groups is 1. The Morgan fingerprint density at radius 2 is 1.79 bits per heavy atom. The number of benzene rings is 2.